The molecule has 21 heavy (non-hydrogen) atoms. The zero-order valence-electron chi connectivity index (χ0n) is 12.1. The first kappa shape index (κ1) is 15.8. The van der Waals surface area contributed by atoms with Crippen LogP contribution in [0.5, 0.6) is 0 Å². The summed E-state index contributed by atoms with van der Waals surface area (Å²) in [5, 5.41) is 14.2. The molecule has 0 saturated carbocycles. The minimum absolute atomic E-state index is 0.102. The van der Waals surface area contributed by atoms with Crippen LogP contribution in [-0.4, -0.2) is 36.4 Å². The molecule has 1 unspecified atom stereocenters. The predicted octanol–water partition coefficient (Wildman–Crippen LogP) is 1.13. The third kappa shape index (κ3) is 3.76. The van der Waals surface area contributed by atoms with Crippen molar-refractivity contribution < 1.29 is 13.3 Å². The van der Waals surface area contributed by atoms with E-state index in [1.807, 2.05) is 0 Å². The molecule has 1 atom stereocenters. The standard InChI is InChI=1S/C13H19N3O4S/c1-9-5-15-12(10(2)13(9)16(17)18)7-14-6-11-3-4-21(19,20)8-11/h5,11,14H,3-4,6-8H2,1-2H3. The summed E-state index contributed by atoms with van der Waals surface area (Å²) in [7, 11) is -2.87. The van der Waals surface area contributed by atoms with E-state index in [4.69, 9.17) is 0 Å². The maximum absolute atomic E-state index is 11.4. The number of rotatable bonds is 5. The molecule has 1 aliphatic heterocycles. The van der Waals surface area contributed by atoms with Crippen molar-refractivity contribution in [1.82, 2.24) is 10.3 Å². The summed E-state index contributed by atoms with van der Waals surface area (Å²) in [6, 6.07) is 0. The molecule has 1 saturated heterocycles. The molecule has 1 aromatic rings. The van der Waals surface area contributed by atoms with E-state index < -0.39 is 9.84 Å². The Morgan fingerprint density at radius 3 is 2.76 bits per heavy atom. The van der Waals surface area contributed by atoms with Crippen molar-refractivity contribution in [3.05, 3.63) is 33.1 Å². The minimum Gasteiger partial charge on any atom is -0.311 e. The van der Waals surface area contributed by atoms with Crippen molar-refractivity contribution in [2.45, 2.75) is 26.8 Å². The van der Waals surface area contributed by atoms with Crippen LogP contribution in [0.1, 0.15) is 23.2 Å². The van der Waals surface area contributed by atoms with Gasteiger partial charge in [-0.3, -0.25) is 15.1 Å². The van der Waals surface area contributed by atoms with Gasteiger partial charge in [-0.2, -0.15) is 0 Å². The average Bonchev–Trinajstić information content (AvgIpc) is 2.71. The third-order valence-corrected chi connectivity index (χ3v) is 5.65. The Hall–Kier alpha value is -1.54. The number of aromatic nitrogens is 1. The van der Waals surface area contributed by atoms with Gasteiger partial charge >= 0.3 is 0 Å². The van der Waals surface area contributed by atoms with Gasteiger partial charge in [-0.15, -0.1) is 0 Å². The molecule has 1 fully saturated rings. The monoisotopic (exact) mass is 313 g/mol. The molecule has 2 rings (SSSR count). The highest BCUT2D eigenvalue weighted by Crippen LogP contribution is 2.24. The summed E-state index contributed by atoms with van der Waals surface area (Å²) in [5.74, 6) is 0.600. The molecular weight excluding hydrogens is 294 g/mol. The molecule has 8 heteroatoms. The molecule has 0 amide bonds. The first-order valence-electron chi connectivity index (χ1n) is 6.81. The van der Waals surface area contributed by atoms with Crippen molar-refractivity contribution in [3.8, 4) is 0 Å². The van der Waals surface area contributed by atoms with Crippen molar-refractivity contribution in [3.63, 3.8) is 0 Å². The van der Waals surface area contributed by atoms with Gasteiger partial charge in [-0.25, -0.2) is 8.42 Å². The van der Waals surface area contributed by atoms with Gasteiger partial charge < -0.3 is 5.32 Å². The molecule has 2 heterocycles. The second kappa shape index (κ2) is 6.07. The lowest BCUT2D eigenvalue weighted by Crippen LogP contribution is -2.24. The number of aryl methyl sites for hydroxylation is 1. The van der Waals surface area contributed by atoms with Crippen LogP contribution in [0.15, 0.2) is 6.20 Å². The van der Waals surface area contributed by atoms with E-state index in [-0.39, 0.29) is 28.0 Å². The highest BCUT2D eigenvalue weighted by atomic mass is 32.2. The fourth-order valence-electron chi connectivity index (χ4n) is 2.65. The summed E-state index contributed by atoms with van der Waals surface area (Å²) in [5.41, 5.74) is 1.84. The van der Waals surface area contributed by atoms with Crippen LogP contribution in [0.3, 0.4) is 0 Å². The largest absolute Gasteiger partial charge is 0.311 e. The Balaban J connectivity index is 1.98. The summed E-state index contributed by atoms with van der Waals surface area (Å²) < 4.78 is 22.7. The lowest BCUT2D eigenvalue weighted by atomic mass is 10.1. The molecule has 0 bridgehead atoms. The number of hydrogen-bond acceptors (Lipinski definition) is 6. The van der Waals surface area contributed by atoms with Crippen molar-refractivity contribution in [2.24, 2.45) is 5.92 Å². The van der Waals surface area contributed by atoms with Crippen molar-refractivity contribution >= 4 is 15.5 Å². The Morgan fingerprint density at radius 1 is 1.48 bits per heavy atom. The van der Waals surface area contributed by atoms with Crippen LogP contribution in [0.2, 0.25) is 0 Å². The van der Waals surface area contributed by atoms with Crippen LogP contribution in [0.4, 0.5) is 5.69 Å². The van der Waals surface area contributed by atoms with Crippen LogP contribution in [0.25, 0.3) is 0 Å². The second-order valence-electron chi connectivity index (χ2n) is 5.52. The van der Waals surface area contributed by atoms with Crippen LogP contribution in [-0.2, 0) is 16.4 Å². The fraction of sp³-hybridized carbons (Fsp3) is 0.615. The number of nitrogens with zero attached hydrogens (tertiary/aromatic N) is 2. The Kier molecular flexibility index (Phi) is 4.58. The van der Waals surface area contributed by atoms with Crippen molar-refractivity contribution in [2.75, 3.05) is 18.1 Å². The van der Waals surface area contributed by atoms with Gasteiger partial charge in [-0.1, -0.05) is 0 Å². The van der Waals surface area contributed by atoms with Gasteiger partial charge in [0.15, 0.2) is 9.84 Å². The smallest absolute Gasteiger partial charge is 0.278 e. The molecule has 1 aromatic heterocycles. The van der Waals surface area contributed by atoms with Crippen LogP contribution in [0, 0.1) is 29.9 Å². The maximum atomic E-state index is 11.4. The molecule has 1 N–H and O–H groups in total. The van der Waals surface area contributed by atoms with Gasteiger partial charge in [0.25, 0.3) is 5.69 Å². The third-order valence-electron chi connectivity index (χ3n) is 3.81. The Bertz CT molecular complexity index is 658. The van der Waals surface area contributed by atoms with Crippen molar-refractivity contribution in [1.29, 1.82) is 0 Å². The predicted molar refractivity (Wildman–Crippen MR) is 78.8 cm³/mol. The van der Waals surface area contributed by atoms with E-state index in [1.165, 1.54) is 6.20 Å². The lowest BCUT2D eigenvalue weighted by molar-refractivity contribution is -0.386. The highest BCUT2D eigenvalue weighted by molar-refractivity contribution is 7.91. The summed E-state index contributed by atoms with van der Waals surface area (Å²) in [4.78, 5) is 14.9. The van der Waals surface area contributed by atoms with Gasteiger partial charge in [-0.05, 0) is 32.7 Å². The quantitative estimate of drug-likeness (QED) is 0.646. The molecule has 0 radical (unpaired) electrons. The van der Waals surface area contributed by atoms with E-state index in [9.17, 15) is 18.5 Å². The van der Waals surface area contributed by atoms with Crippen LogP contribution >= 0.6 is 0 Å². The number of pyridine rings is 1. The minimum atomic E-state index is -2.87. The van der Waals surface area contributed by atoms with Gasteiger partial charge in [0, 0.05) is 23.9 Å². The molecule has 116 valence electrons. The van der Waals surface area contributed by atoms with Crippen LogP contribution < -0.4 is 5.32 Å². The average molecular weight is 313 g/mol. The molecule has 0 aliphatic carbocycles. The molecule has 1 aliphatic rings. The lowest BCUT2D eigenvalue weighted by Gasteiger charge is -2.11. The number of nitrogens with one attached hydrogen (secondary N) is 1. The summed E-state index contributed by atoms with van der Waals surface area (Å²) in [6.45, 7) is 4.35. The van der Waals surface area contributed by atoms with E-state index >= 15 is 0 Å². The van der Waals surface area contributed by atoms with E-state index in [2.05, 4.69) is 10.3 Å². The van der Waals surface area contributed by atoms with E-state index in [0.717, 1.165) is 0 Å². The maximum Gasteiger partial charge on any atom is 0.278 e. The van der Waals surface area contributed by atoms with Gasteiger partial charge in [0.05, 0.1) is 22.1 Å². The fourth-order valence-corrected chi connectivity index (χ4v) is 4.51. The Labute approximate surface area is 123 Å². The zero-order valence-corrected chi connectivity index (χ0v) is 12.9. The van der Waals surface area contributed by atoms with Gasteiger partial charge in [0.2, 0.25) is 0 Å². The van der Waals surface area contributed by atoms with E-state index in [1.54, 1.807) is 13.8 Å². The normalized spacial score (nSPS) is 20.6. The SMILES string of the molecule is Cc1cnc(CNCC2CCS(=O)(=O)C2)c(C)c1[N+](=O)[O-]. The zero-order chi connectivity index (χ0) is 15.6. The van der Waals surface area contributed by atoms with Gasteiger partial charge in [0.1, 0.15) is 0 Å². The first-order chi connectivity index (χ1) is 9.80. The summed E-state index contributed by atoms with van der Waals surface area (Å²) >= 11 is 0. The number of hydrogen-bond donors (Lipinski definition) is 1. The molecular formula is C13H19N3O4S. The number of sulfone groups is 1. The molecule has 0 aromatic carbocycles. The first-order valence-corrected chi connectivity index (χ1v) is 8.63. The topological polar surface area (TPSA) is 102 Å². The number of nitro groups is 1. The summed E-state index contributed by atoms with van der Waals surface area (Å²) in [6.07, 6.45) is 2.18. The highest BCUT2D eigenvalue weighted by Gasteiger charge is 2.27. The molecule has 0 spiro atoms. The molecule has 7 nitrogen and oxygen atoms in total. The Morgan fingerprint density at radius 2 is 2.19 bits per heavy atom. The second-order valence-corrected chi connectivity index (χ2v) is 7.75. The van der Waals surface area contributed by atoms with E-state index in [0.29, 0.717) is 36.3 Å².